The summed E-state index contributed by atoms with van der Waals surface area (Å²) in [7, 11) is 1.76. The molecular formula is C20H32N5O2+. The van der Waals surface area contributed by atoms with Crippen molar-refractivity contribution in [3.63, 3.8) is 0 Å². The number of hydrogen-bond donors (Lipinski definition) is 0. The number of carbonyl (C=O) groups is 2. The number of guanidine groups is 1. The standard InChI is InChI=1S/C20H32N5O2/c1-14(2)10-13-25-18(26)16-17(22(3)20(25)27)21-19-23(11-7-12-24(16)19)15-8-5-4-6-9-15/h14-16H,4-13H2,1-3H3/q+1. The molecule has 4 rings (SSSR count). The van der Waals surface area contributed by atoms with Crippen LogP contribution in [0.15, 0.2) is 4.99 Å². The predicted molar refractivity (Wildman–Crippen MR) is 104 cm³/mol. The van der Waals surface area contributed by atoms with Crippen molar-refractivity contribution < 1.29 is 14.2 Å². The first-order valence-electron chi connectivity index (χ1n) is 10.6. The molecule has 2 fully saturated rings. The van der Waals surface area contributed by atoms with E-state index in [1.165, 1.54) is 37.0 Å². The second-order valence-electron chi connectivity index (χ2n) is 8.72. The van der Waals surface area contributed by atoms with E-state index in [-0.39, 0.29) is 11.9 Å². The Morgan fingerprint density at radius 3 is 2.59 bits per heavy atom. The van der Waals surface area contributed by atoms with Gasteiger partial charge in [0.25, 0.3) is 5.91 Å². The average Bonchev–Trinajstić information content (AvgIpc) is 3.06. The van der Waals surface area contributed by atoms with Gasteiger partial charge < -0.3 is 0 Å². The summed E-state index contributed by atoms with van der Waals surface area (Å²) in [6, 6.07) is -0.143. The lowest BCUT2D eigenvalue weighted by Gasteiger charge is -2.36. The summed E-state index contributed by atoms with van der Waals surface area (Å²) in [5.41, 5.74) is 0. The molecule has 1 unspecified atom stereocenters. The average molecular weight is 375 g/mol. The van der Waals surface area contributed by atoms with Crippen molar-refractivity contribution in [2.45, 2.75) is 70.9 Å². The van der Waals surface area contributed by atoms with Crippen molar-refractivity contribution in [1.82, 2.24) is 14.7 Å². The molecule has 3 aliphatic heterocycles. The Morgan fingerprint density at radius 2 is 1.89 bits per heavy atom. The maximum Gasteiger partial charge on any atom is 0.392 e. The zero-order chi connectivity index (χ0) is 19.1. The lowest BCUT2D eigenvalue weighted by Crippen LogP contribution is -2.63. The molecule has 0 aromatic heterocycles. The molecule has 7 nitrogen and oxygen atoms in total. The van der Waals surface area contributed by atoms with Crippen LogP contribution < -0.4 is 0 Å². The minimum absolute atomic E-state index is 0.0991. The number of aliphatic imine (C=N–C) groups is 1. The molecular weight excluding hydrogens is 342 g/mol. The van der Waals surface area contributed by atoms with E-state index >= 15 is 0 Å². The van der Waals surface area contributed by atoms with Crippen LogP contribution in [-0.2, 0) is 4.79 Å². The number of hydrogen-bond acceptors (Lipinski definition) is 4. The topological polar surface area (TPSA) is 59.2 Å². The highest BCUT2D eigenvalue weighted by Crippen LogP contribution is 2.29. The van der Waals surface area contributed by atoms with E-state index in [0.717, 1.165) is 31.9 Å². The van der Waals surface area contributed by atoms with Crippen molar-refractivity contribution >= 4 is 23.7 Å². The summed E-state index contributed by atoms with van der Waals surface area (Å²) in [5.74, 6) is 1.89. The molecule has 0 radical (unpaired) electrons. The Hall–Kier alpha value is -1.92. The van der Waals surface area contributed by atoms with Crippen molar-refractivity contribution in [2.24, 2.45) is 10.9 Å². The molecule has 1 atom stereocenters. The fourth-order valence-corrected chi connectivity index (χ4v) is 4.81. The number of nitrogens with zero attached hydrogens (tertiary/aromatic N) is 5. The summed E-state index contributed by atoms with van der Waals surface area (Å²) >= 11 is 0. The van der Waals surface area contributed by atoms with Gasteiger partial charge in [0.2, 0.25) is 11.9 Å². The van der Waals surface area contributed by atoms with Crippen LogP contribution in [0.4, 0.5) is 4.79 Å². The molecule has 0 aromatic carbocycles. The van der Waals surface area contributed by atoms with E-state index < -0.39 is 6.04 Å². The van der Waals surface area contributed by atoms with E-state index in [2.05, 4.69) is 23.3 Å². The maximum absolute atomic E-state index is 13.2. The molecule has 1 saturated heterocycles. The molecule has 0 bridgehead atoms. The Bertz CT molecular complexity index is 692. The third-order valence-electron chi connectivity index (χ3n) is 6.39. The van der Waals surface area contributed by atoms with E-state index in [9.17, 15) is 9.59 Å². The van der Waals surface area contributed by atoms with E-state index in [0.29, 0.717) is 24.3 Å². The summed E-state index contributed by atoms with van der Waals surface area (Å²) in [4.78, 5) is 36.3. The number of likely N-dealkylation sites (N-methyl/N-ethyl adjacent to an activating group) is 1. The predicted octanol–water partition coefficient (Wildman–Crippen LogP) is 2.11. The molecule has 0 N–H and O–H groups in total. The summed E-state index contributed by atoms with van der Waals surface area (Å²) in [6.45, 7) is 6.55. The first-order valence-corrected chi connectivity index (χ1v) is 10.6. The molecule has 7 heteroatoms. The van der Waals surface area contributed by atoms with Crippen molar-refractivity contribution in [3.8, 4) is 0 Å². The van der Waals surface area contributed by atoms with Gasteiger partial charge in [0.15, 0.2) is 0 Å². The molecule has 1 saturated carbocycles. The normalized spacial score (nSPS) is 26.7. The van der Waals surface area contributed by atoms with Crippen LogP contribution in [0.25, 0.3) is 0 Å². The molecule has 4 aliphatic rings. The summed E-state index contributed by atoms with van der Waals surface area (Å²) in [5, 5.41) is 0. The number of amidine groups is 1. The highest BCUT2D eigenvalue weighted by Gasteiger charge is 2.54. The van der Waals surface area contributed by atoms with Crippen LogP contribution in [0.1, 0.15) is 58.8 Å². The number of fused-ring (bicyclic) bond motifs is 2. The summed E-state index contributed by atoms with van der Waals surface area (Å²) in [6.07, 6.45) is 8.14. The zero-order valence-electron chi connectivity index (χ0n) is 16.9. The lowest BCUT2D eigenvalue weighted by molar-refractivity contribution is -0.546. The van der Waals surface area contributed by atoms with E-state index in [1.807, 2.05) is 0 Å². The third kappa shape index (κ3) is 3.15. The highest BCUT2D eigenvalue weighted by atomic mass is 16.2. The van der Waals surface area contributed by atoms with Crippen LogP contribution in [0, 0.1) is 5.92 Å². The Kier molecular flexibility index (Phi) is 4.95. The first-order chi connectivity index (χ1) is 13.0. The van der Waals surface area contributed by atoms with Gasteiger partial charge in [-0.3, -0.25) is 19.5 Å². The quantitative estimate of drug-likeness (QED) is 0.708. The van der Waals surface area contributed by atoms with Gasteiger partial charge >= 0.3 is 12.0 Å². The minimum atomic E-state index is -0.429. The second kappa shape index (κ2) is 7.24. The number of urea groups is 1. The molecule has 148 valence electrons. The van der Waals surface area contributed by atoms with Crippen molar-refractivity contribution in [1.29, 1.82) is 0 Å². The van der Waals surface area contributed by atoms with Crippen LogP contribution in [-0.4, -0.2) is 81.8 Å². The first kappa shape index (κ1) is 18.4. The Balaban J connectivity index is 1.63. The minimum Gasteiger partial charge on any atom is -0.270 e. The highest BCUT2D eigenvalue weighted by molar-refractivity contribution is 6.22. The molecule has 0 spiro atoms. The van der Waals surface area contributed by atoms with Gasteiger partial charge in [0, 0.05) is 20.0 Å². The lowest BCUT2D eigenvalue weighted by atomic mass is 9.94. The number of amides is 3. The van der Waals surface area contributed by atoms with E-state index in [4.69, 9.17) is 4.99 Å². The van der Waals surface area contributed by atoms with Gasteiger partial charge in [-0.1, -0.05) is 38.1 Å². The smallest absolute Gasteiger partial charge is 0.270 e. The second-order valence-corrected chi connectivity index (χ2v) is 8.72. The summed E-state index contributed by atoms with van der Waals surface area (Å²) < 4.78 is 2.15. The zero-order valence-corrected chi connectivity index (χ0v) is 16.9. The van der Waals surface area contributed by atoms with Crippen molar-refractivity contribution in [3.05, 3.63) is 0 Å². The van der Waals surface area contributed by atoms with Gasteiger partial charge in [0.1, 0.15) is 0 Å². The fourth-order valence-electron chi connectivity index (χ4n) is 4.81. The third-order valence-corrected chi connectivity index (χ3v) is 6.39. The Morgan fingerprint density at radius 1 is 1.15 bits per heavy atom. The maximum atomic E-state index is 13.2. The fraction of sp³-hybridized carbons (Fsp3) is 0.800. The van der Waals surface area contributed by atoms with Gasteiger partial charge in [-0.25, -0.2) is 9.37 Å². The molecule has 0 aromatic rings. The molecule has 3 amide bonds. The molecule has 27 heavy (non-hydrogen) atoms. The van der Waals surface area contributed by atoms with Crippen molar-refractivity contribution in [2.75, 3.05) is 26.7 Å². The SMILES string of the molecule is CC(C)CCN1C(=O)C2C(=NC3=[N+]2CCCN3C2CCCCC2)N(C)C1=O. The van der Waals surface area contributed by atoms with Gasteiger partial charge in [-0.15, -0.1) is 0 Å². The monoisotopic (exact) mass is 374 g/mol. The largest absolute Gasteiger partial charge is 0.392 e. The Labute approximate surface area is 161 Å². The molecule has 3 heterocycles. The number of carbonyl (C=O) groups excluding carboxylic acids is 2. The van der Waals surface area contributed by atoms with Gasteiger partial charge in [-0.05, 0) is 25.2 Å². The molecule has 1 aliphatic carbocycles. The van der Waals surface area contributed by atoms with Gasteiger partial charge in [-0.2, -0.15) is 0 Å². The van der Waals surface area contributed by atoms with Gasteiger partial charge in [0.05, 0.1) is 19.1 Å². The van der Waals surface area contributed by atoms with Crippen LogP contribution in [0.2, 0.25) is 0 Å². The number of imide groups is 1. The number of rotatable bonds is 4. The van der Waals surface area contributed by atoms with Crippen LogP contribution in [0.5, 0.6) is 0 Å². The van der Waals surface area contributed by atoms with E-state index in [1.54, 1.807) is 11.9 Å². The van der Waals surface area contributed by atoms with Crippen LogP contribution in [0.3, 0.4) is 0 Å². The van der Waals surface area contributed by atoms with Crippen LogP contribution >= 0.6 is 0 Å².